The van der Waals surface area contributed by atoms with E-state index in [0.717, 1.165) is 32.1 Å². The van der Waals surface area contributed by atoms with Crippen molar-refractivity contribution in [3.63, 3.8) is 0 Å². The molecule has 4 aromatic rings. The van der Waals surface area contributed by atoms with Crippen LogP contribution in [0.25, 0.3) is 0 Å². The smallest absolute Gasteiger partial charge is 0.0602 e. The minimum absolute atomic E-state index is 0.131. The van der Waals surface area contributed by atoms with Crippen molar-refractivity contribution in [2.24, 2.45) is 11.8 Å². The number of nitrogens with zero attached hydrogens (tertiary/aromatic N) is 3. The van der Waals surface area contributed by atoms with Gasteiger partial charge in [-0.05, 0) is 64.7 Å². The normalized spacial score (nSPS) is 27.1. The summed E-state index contributed by atoms with van der Waals surface area (Å²) in [7, 11) is 0. The third-order valence-electron chi connectivity index (χ3n) is 11.3. The number of rotatable bonds is 7. The molecule has 2 bridgehead atoms. The van der Waals surface area contributed by atoms with Gasteiger partial charge in [-0.15, -0.1) is 0 Å². The summed E-state index contributed by atoms with van der Waals surface area (Å²) in [4.78, 5) is 8.22. The average Bonchev–Trinajstić information content (AvgIpc) is 3.49. The molecule has 0 amide bonds. The fraction of sp³-hybridized carbons (Fsp3) is 0.385. The lowest BCUT2D eigenvalue weighted by Gasteiger charge is -2.54. The molecule has 42 heavy (non-hydrogen) atoms. The second-order valence-electron chi connectivity index (χ2n) is 13.3. The zero-order valence-electron chi connectivity index (χ0n) is 24.9. The van der Waals surface area contributed by atoms with E-state index in [-0.39, 0.29) is 5.41 Å². The van der Waals surface area contributed by atoms with Crippen LogP contribution in [0.1, 0.15) is 58.7 Å². The molecule has 3 aliphatic carbocycles. The zero-order chi connectivity index (χ0) is 28.1. The number of piperazine rings is 1. The summed E-state index contributed by atoms with van der Waals surface area (Å²) in [5.41, 5.74) is 9.33. The van der Waals surface area contributed by atoms with Gasteiger partial charge in [0.1, 0.15) is 0 Å². The summed E-state index contributed by atoms with van der Waals surface area (Å²) in [5.74, 6) is 2.00. The highest BCUT2D eigenvalue weighted by Crippen LogP contribution is 2.63. The van der Waals surface area contributed by atoms with Gasteiger partial charge in [-0.3, -0.25) is 4.90 Å². The van der Waals surface area contributed by atoms with Crippen LogP contribution in [-0.4, -0.2) is 67.1 Å². The van der Waals surface area contributed by atoms with Gasteiger partial charge in [0.05, 0.1) is 6.04 Å². The number of hydrogen-bond acceptors (Lipinski definition) is 3. The van der Waals surface area contributed by atoms with Crippen molar-refractivity contribution in [3.05, 3.63) is 143 Å². The molecule has 2 saturated heterocycles. The van der Waals surface area contributed by atoms with E-state index in [0.29, 0.717) is 17.9 Å². The Kier molecular flexibility index (Phi) is 6.78. The molecule has 0 radical (unpaired) electrons. The van der Waals surface area contributed by atoms with E-state index in [2.05, 4.69) is 131 Å². The first kappa shape index (κ1) is 26.4. The molecule has 4 aromatic carbocycles. The zero-order valence-corrected chi connectivity index (χ0v) is 24.9. The molecule has 2 heterocycles. The molecule has 0 spiro atoms. The largest absolute Gasteiger partial charge is 0.303 e. The second-order valence-corrected chi connectivity index (χ2v) is 13.3. The molecule has 0 aromatic heterocycles. The number of hydrogen-bond donors (Lipinski definition) is 0. The minimum Gasteiger partial charge on any atom is -0.303 e. The van der Waals surface area contributed by atoms with Crippen molar-refractivity contribution in [2.75, 3.05) is 52.4 Å². The van der Waals surface area contributed by atoms with Crippen molar-refractivity contribution in [1.82, 2.24) is 14.7 Å². The van der Waals surface area contributed by atoms with Crippen molar-refractivity contribution in [1.29, 1.82) is 0 Å². The van der Waals surface area contributed by atoms with Gasteiger partial charge in [0, 0.05) is 50.6 Å². The maximum atomic E-state index is 2.81. The first-order valence-corrected chi connectivity index (χ1v) is 16.2. The van der Waals surface area contributed by atoms with Gasteiger partial charge in [0.15, 0.2) is 0 Å². The lowest BCUT2D eigenvalue weighted by atomic mass is 9.48. The van der Waals surface area contributed by atoms with E-state index in [1.54, 1.807) is 22.3 Å². The monoisotopic (exact) mass is 553 g/mol. The van der Waals surface area contributed by atoms with E-state index < -0.39 is 0 Å². The SMILES string of the molecule is CC12c3ccccc3C(c3ccccc31)C1CN(CCCN3CCN(C(c4ccccc4)c4ccccc4)CC3)CC12. The highest BCUT2D eigenvalue weighted by Gasteiger charge is 2.58. The minimum atomic E-state index is 0.131. The third-order valence-corrected chi connectivity index (χ3v) is 11.3. The molecular weight excluding hydrogens is 510 g/mol. The average molecular weight is 554 g/mol. The standard InChI is InChI=1S/C39H43N3/c1-39-34-19-10-8-17-31(34)37(32-18-9-11-20-35(32)39)33-27-41(28-36(33)39)22-12-21-40-23-25-42(26-24-40)38(29-13-4-2-5-14-29)30-15-6-3-7-16-30/h2-11,13-20,33,36-38H,12,21-28H2,1H3. The molecule has 9 rings (SSSR count). The van der Waals surface area contributed by atoms with Crippen LogP contribution in [0.15, 0.2) is 109 Å². The van der Waals surface area contributed by atoms with Crippen LogP contribution in [0.2, 0.25) is 0 Å². The Balaban J connectivity index is 0.905. The van der Waals surface area contributed by atoms with Gasteiger partial charge in [-0.2, -0.15) is 0 Å². The number of likely N-dealkylation sites (tertiary alicyclic amines) is 1. The highest BCUT2D eigenvalue weighted by atomic mass is 15.3. The number of benzene rings is 4. The van der Waals surface area contributed by atoms with Crippen molar-refractivity contribution < 1.29 is 0 Å². The van der Waals surface area contributed by atoms with Crippen LogP contribution in [-0.2, 0) is 5.41 Å². The molecule has 0 N–H and O–H groups in total. The summed E-state index contributed by atoms with van der Waals surface area (Å²) < 4.78 is 0. The summed E-state index contributed by atoms with van der Waals surface area (Å²) >= 11 is 0. The first-order chi connectivity index (χ1) is 20.7. The molecule has 214 valence electrons. The van der Waals surface area contributed by atoms with Crippen molar-refractivity contribution >= 4 is 0 Å². The Bertz CT molecular complexity index is 1440. The van der Waals surface area contributed by atoms with E-state index in [4.69, 9.17) is 0 Å². The van der Waals surface area contributed by atoms with Crippen LogP contribution >= 0.6 is 0 Å². The van der Waals surface area contributed by atoms with E-state index >= 15 is 0 Å². The van der Waals surface area contributed by atoms with Crippen molar-refractivity contribution in [3.8, 4) is 0 Å². The third kappa shape index (κ3) is 4.28. The fourth-order valence-electron chi connectivity index (χ4n) is 9.35. The van der Waals surface area contributed by atoms with E-state index in [9.17, 15) is 0 Å². The Morgan fingerprint density at radius 2 is 1.14 bits per heavy atom. The lowest BCUT2D eigenvalue weighted by Crippen LogP contribution is -2.50. The van der Waals surface area contributed by atoms with Gasteiger partial charge in [0.2, 0.25) is 0 Å². The summed E-state index contributed by atoms with van der Waals surface area (Å²) in [6.07, 6.45) is 1.27. The molecule has 5 aliphatic rings. The van der Waals surface area contributed by atoms with Crippen LogP contribution < -0.4 is 0 Å². The topological polar surface area (TPSA) is 9.72 Å². The Hall–Kier alpha value is -3.24. The van der Waals surface area contributed by atoms with Crippen LogP contribution in [0.3, 0.4) is 0 Å². The predicted octanol–water partition coefficient (Wildman–Crippen LogP) is 6.80. The molecule has 2 fully saturated rings. The van der Waals surface area contributed by atoms with Gasteiger partial charge < -0.3 is 9.80 Å². The quantitative estimate of drug-likeness (QED) is 0.249. The van der Waals surface area contributed by atoms with Gasteiger partial charge in [0.25, 0.3) is 0 Å². The van der Waals surface area contributed by atoms with Crippen molar-refractivity contribution in [2.45, 2.75) is 30.7 Å². The lowest BCUT2D eigenvalue weighted by molar-refractivity contribution is 0.106. The molecular formula is C39H43N3. The van der Waals surface area contributed by atoms with Crippen LogP contribution in [0.4, 0.5) is 0 Å². The van der Waals surface area contributed by atoms with Crippen LogP contribution in [0, 0.1) is 11.8 Å². The maximum Gasteiger partial charge on any atom is 0.0602 e. The fourth-order valence-corrected chi connectivity index (χ4v) is 9.35. The Morgan fingerprint density at radius 1 is 0.619 bits per heavy atom. The summed E-state index contributed by atoms with van der Waals surface area (Å²) in [5, 5.41) is 0. The van der Waals surface area contributed by atoms with Crippen LogP contribution in [0.5, 0.6) is 0 Å². The first-order valence-electron chi connectivity index (χ1n) is 16.2. The maximum absolute atomic E-state index is 2.81. The molecule has 3 nitrogen and oxygen atoms in total. The van der Waals surface area contributed by atoms with Gasteiger partial charge in [-0.1, -0.05) is 116 Å². The summed E-state index contributed by atoms with van der Waals surface area (Å²) in [6.45, 7) is 12.0. The Labute approximate surface area is 251 Å². The van der Waals surface area contributed by atoms with Gasteiger partial charge >= 0.3 is 0 Å². The predicted molar refractivity (Wildman–Crippen MR) is 172 cm³/mol. The molecule has 3 heteroatoms. The molecule has 2 unspecified atom stereocenters. The molecule has 2 atom stereocenters. The van der Waals surface area contributed by atoms with Gasteiger partial charge in [-0.25, -0.2) is 0 Å². The highest BCUT2D eigenvalue weighted by molar-refractivity contribution is 5.60. The van der Waals surface area contributed by atoms with E-state index in [1.807, 2.05) is 0 Å². The summed E-state index contributed by atoms with van der Waals surface area (Å²) in [6, 6.07) is 41.2. The molecule has 0 saturated carbocycles. The van der Waals surface area contributed by atoms with E-state index in [1.165, 1.54) is 43.7 Å². The molecule has 2 aliphatic heterocycles. The second kappa shape index (κ2) is 10.8. The Morgan fingerprint density at radius 3 is 1.74 bits per heavy atom.